The summed E-state index contributed by atoms with van der Waals surface area (Å²) in [5.74, 6) is -0.301. The maximum absolute atomic E-state index is 14.0. The van der Waals surface area contributed by atoms with Crippen molar-refractivity contribution in [3.05, 3.63) is 54.0 Å². The monoisotopic (exact) mass is 368 g/mol. The van der Waals surface area contributed by atoms with Crippen LogP contribution in [-0.4, -0.2) is 43.2 Å². The number of fused-ring (bicyclic) bond motifs is 1. The predicted octanol–water partition coefficient (Wildman–Crippen LogP) is 2.78. The van der Waals surface area contributed by atoms with Gasteiger partial charge in [-0.2, -0.15) is 5.10 Å². The zero-order valence-electron chi connectivity index (χ0n) is 14.1. The number of amides is 1. The van der Waals surface area contributed by atoms with Crippen LogP contribution in [0.4, 0.5) is 15.2 Å². The van der Waals surface area contributed by atoms with Crippen LogP contribution in [0.25, 0.3) is 22.6 Å². The summed E-state index contributed by atoms with van der Waals surface area (Å²) in [6.45, 7) is 0.163. The third-order valence-corrected chi connectivity index (χ3v) is 3.98. The van der Waals surface area contributed by atoms with Gasteiger partial charge in [0, 0.05) is 18.8 Å². The second-order valence-corrected chi connectivity index (χ2v) is 5.70. The standard InChI is InChI=1S/C17H13FN6O3/c1-23(17(25)26)16-21-20-15(27-16)13-11-6-4-8-19-14(11)24(22-13)9-10-5-2-3-7-12(10)18/h2-8H,9H2,1H3,(H,25,26). The number of aromatic nitrogens is 5. The first kappa shape index (κ1) is 16.6. The average molecular weight is 368 g/mol. The lowest BCUT2D eigenvalue weighted by Crippen LogP contribution is -2.23. The van der Waals surface area contributed by atoms with Crippen molar-refractivity contribution in [3.8, 4) is 11.6 Å². The number of rotatable bonds is 4. The lowest BCUT2D eigenvalue weighted by atomic mass is 10.2. The number of hydrogen-bond acceptors (Lipinski definition) is 6. The largest absolute Gasteiger partial charge is 0.465 e. The van der Waals surface area contributed by atoms with E-state index in [0.717, 1.165) is 4.90 Å². The SMILES string of the molecule is CN(C(=O)O)c1nnc(-c2nn(Cc3ccccc3F)c3ncccc23)o1. The predicted molar refractivity (Wildman–Crippen MR) is 92.7 cm³/mol. The second-order valence-electron chi connectivity index (χ2n) is 5.70. The highest BCUT2D eigenvalue weighted by Gasteiger charge is 2.22. The van der Waals surface area contributed by atoms with E-state index in [-0.39, 0.29) is 24.3 Å². The molecule has 136 valence electrons. The normalized spacial score (nSPS) is 11.0. The van der Waals surface area contributed by atoms with Gasteiger partial charge in [0.25, 0.3) is 5.89 Å². The molecule has 0 saturated carbocycles. The van der Waals surface area contributed by atoms with Crippen LogP contribution in [0.15, 0.2) is 47.0 Å². The number of nitrogens with zero attached hydrogens (tertiary/aromatic N) is 6. The molecule has 0 aliphatic carbocycles. The minimum Gasteiger partial charge on any atom is -0.465 e. The number of pyridine rings is 1. The summed E-state index contributed by atoms with van der Waals surface area (Å²) in [4.78, 5) is 16.1. The smallest absolute Gasteiger partial charge is 0.415 e. The Labute approximate surface area is 151 Å². The Morgan fingerprint density at radius 1 is 1.26 bits per heavy atom. The van der Waals surface area contributed by atoms with Gasteiger partial charge in [0.05, 0.1) is 11.9 Å². The molecule has 0 radical (unpaired) electrons. The Hall–Kier alpha value is -3.82. The Bertz CT molecular complexity index is 1140. The molecular weight excluding hydrogens is 355 g/mol. The minimum absolute atomic E-state index is 0.0448. The van der Waals surface area contributed by atoms with Crippen molar-refractivity contribution < 1.29 is 18.7 Å². The Balaban J connectivity index is 1.79. The summed E-state index contributed by atoms with van der Waals surface area (Å²) in [5.41, 5.74) is 1.31. The molecule has 27 heavy (non-hydrogen) atoms. The van der Waals surface area contributed by atoms with Crippen LogP contribution in [-0.2, 0) is 6.54 Å². The number of hydrogen-bond donors (Lipinski definition) is 1. The molecule has 1 N–H and O–H groups in total. The number of benzene rings is 1. The van der Waals surface area contributed by atoms with Gasteiger partial charge < -0.3 is 9.52 Å². The molecule has 0 aliphatic heterocycles. The molecule has 9 nitrogen and oxygen atoms in total. The van der Waals surface area contributed by atoms with Crippen molar-refractivity contribution in [1.82, 2.24) is 25.0 Å². The second kappa shape index (κ2) is 6.48. The number of anilines is 1. The third kappa shape index (κ3) is 2.97. The zero-order valence-corrected chi connectivity index (χ0v) is 14.1. The first-order valence-corrected chi connectivity index (χ1v) is 7.90. The first-order chi connectivity index (χ1) is 13.0. The highest BCUT2D eigenvalue weighted by molar-refractivity contribution is 5.89. The Morgan fingerprint density at radius 2 is 2.07 bits per heavy atom. The molecule has 3 aromatic heterocycles. The Kier molecular flexibility index (Phi) is 3.99. The third-order valence-electron chi connectivity index (χ3n) is 3.98. The van der Waals surface area contributed by atoms with E-state index in [2.05, 4.69) is 20.3 Å². The molecule has 1 aromatic carbocycles. The van der Waals surface area contributed by atoms with Gasteiger partial charge in [-0.15, -0.1) is 5.10 Å². The average Bonchev–Trinajstić information content (AvgIpc) is 3.28. The van der Waals surface area contributed by atoms with Crippen molar-refractivity contribution in [2.45, 2.75) is 6.54 Å². The van der Waals surface area contributed by atoms with Gasteiger partial charge in [-0.25, -0.2) is 23.8 Å². The van der Waals surface area contributed by atoms with Crippen molar-refractivity contribution in [2.24, 2.45) is 0 Å². The van der Waals surface area contributed by atoms with Crippen LogP contribution in [0.5, 0.6) is 0 Å². The molecule has 0 aliphatic rings. The van der Waals surface area contributed by atoms with Crippen LogP contribution in [0.1, 0.15) is 5.56 Å². The summed E-state index contributed by atoms with van der Waals surface area (Å²) in [6.07, 6.45) is 0.366. The Morgan fingerprint density at radius 3 is 2.85 bits per heavy atom. The van der Waals surface area contributed by atoms with E-state index in [4.69, 9.17) is 9.52 Å². The van der Waals surface area contributed by atoms with E-state index in [1.54, 1.807) is 36.5 Å². The molecule has 0 unspecified atom stereocenters. The van der Waals surface area contributed by atoms with Crippen molar-refractivity contribution in [3.63, 3.8) is 0 Å². The fraction of sp³-hybridized carbons (Fsp3) is 0.118. The topological polar surface area (TPSA) is 110 Å². The van der Waals surface area contributed by atoms with Gasteiger partial charge in [0.15, 0.2) is 11.3 Å². The van der Waals surface area contributed by atoms with Crippen molar-refractivity contribution >= 4 is 23.1 Å². The number of carbonyl (C=O) groups is 1. The highest BCUT2D eigenvalue weighted by Crippen LogP contribution is 2.28. The minimum atomic E-state index is -1.23. The van der Waals surface area contributed by atoms with Crippen LogP contribution in [0, 0.1) is 5.82 Å². The van der Waals surface area contributed by atoms with Crippen molar-refractivity contribution in [2.75, 3.05) is 11.9 Å². The number of carboxylic acid groups (broad SMARTS) is 1. The fourth-order valence-corrected chi connectivity index (χ4v) is 2.59. The van der Waals surface area contributed by atoms with Gasteiger partial charge in [0.2, 0.25) is 0 Å². The molecule has 0 bridgehead atoms. The van der Waals surface area contributed by atoms with Crippen LogP contribution in [0.2, 0.25) is 0 Å². The molecule has 3 heterocycles. The summed E-state index contributed by atoms with van der Waals surface area (Å²) in [5, 5.41) is 21.7. The van der Waals surface area contributed by atoms with Gasteiger partial charge in [-0.3, -0.25) is 0 Å². The summed E-state index contributed by atoms with van der Waals surface area (Å²) in [7, 11) is 1.29. The van der Waals surface area contributed by atoms with Gasteiger partial charge >= 0.3 is 12.1 Å². The van der Waals surface area contributed by atoms with Gasteiger partial charge in [0.1, 0.15) is 5.82 Å². The van der Waals surface area contributed by atoms with Crippen LogP contribution in [0.3, 0.4) is 0 Å². The van der Waals surface area contributed by atoms with E-state index in [1.165, 1.54) is 17.8 Å². The molecular formula is C17H13FN6O3. The molecule has 0 spiro atoms. The molecule has 10 heteroatoms. The van der Waals surface area contributed by atoms with Gasteiger partial charge in [-0.05, 0) is 18.2 Å². The summed E-state index contributed by atoms with van der Waals surface area (Å²) in [6, 6.07) is 9.71. The van der Waals surface area contributed by atoms with Crippen LogP contribution < -0.4 is 4.90 Å². The lowest BCUT2D eigenvalue weighted by Gasteiger charge is -2.04. The van der Waals surface area contributed by atoms with Crippen molar-refractivity contribution in [1.29, 1.82) is 0 Å². The fourth-order valence-electron chi connectivity index (χ4n) is 2.59. The van der Waals surface area contributed by atoms with Gasteiger partial charge in [-0.1, -0.05) is 23.3 Å². The molecule has 0 atom stereocenters. The quantitative estimate of drug-likeness (QED) is 0.590. The molecule has 0 fully saturated rings. The van der Waals surface area contributed by atoms with E-state index in [0.29, 0.717) is 22.3 Å². The molecule has 4 rings (SSSR count). The van der Waals surface area contributed by atoms with E-state index in [9.17, 15) is 9.18 Å². The lowest BCUT2D eigenvalue weighted by molar-refractivity contribution is 0.202. The molecule has 1 amide bonds. The first-order valence-electron chi connectivity index (χ1n) is 7.90. The maximum atomic E-state index is 14.0. The zero-order chi connectivity index (χ0) is 19.0. The van der Waals surface area contributed by atoms with E-state index in [1.807, 2.05) is 0 Å². The molecule has 0 saturated heterocycles. The highest BCUT2D eigenvalue weighted by atomic mass is 19.1. The van der Waals surface area contributed by atoms with E-state index >= 15 is 0 Å². The maximum Gasteiger partial charge on any atom is 0.415 e. The van der Waals surface area contributed by atoms with Crippen LogP contribution >= 0.6 is 0 Å². The summed E-state index contributed by atoms with van der Waals surface area (Å²) >= 11 is 0. The molecule has 4 aromatic rings. The summed E-state index contributed by atoms with van der Waals surface area (Å²) < 4.78 is 21.0. The number of halogens is 1. The van der Waals surface area contributed by atoms with E-state index < -0.39 is 6.09 Å².